The van der Waals surface area contributed by atoms with E-state index in [1.807, 2.05) is 0 Å². The average molecular weight is 231 g/mol. The number of benzene rings is 1. The maximum Gasteiger partial charge on any atom is 0.0319 e. The molecule has 0 aliphatic carbocycles. The summed E-state index contributed by atoms with van der Waals surface area (Å²) in [5, 5.41) is 0. The van der Waals surface area contributed by atoms with Gasteiger partial charge in [0.25, 0.3) is 0 Å². The van der Waals surface area contributed by atoms with E-state index in [0.717, 1.165) is 5.92 Å². The number of piperidine rings is 1. The summed E-state index contributed by atoms with van der Waals surface area (Å²) in [6, 6.07) is 11.5. The SMILES string of the molecule is CCCC1CCN([C@@H](C)c2ccccc2)CC1. The van der Waals surface area contributed by atoms with Crippen molar-refractivity contribution < 1.29 is 0 Å². The first-order valence-electron chi connectivity index (χ1n) is 7.10. The van der Waals surface area contributed by atoms with E-state index in [0.29, 0.717) is 6.04 Å². The third kappa shape index (κ3) is 3.32. The fourth-order valence-corrected chi connectivity index (χ4v) is 2.98. The molecule has 0 radical (unpaired) electrons. The Morgan fingerprint density at radius 3 is 2.41 bits per heavy atom. The van der Waals surface area contributed by atoms with Crippen molar-refractivity contribution >= 4 is 0 Å². The zero-order chi connectivity index (χ0) is 12.1. The van der Waals surface area contributed by atoms with E-state index in [-0.39, 0.29) is 0 Å². The van der Waals surface area contributed by atoms with Crippen molar-refractivity contribution in [3.8, 4) is 0 Å². The van der Waals surface area contributed by atoms with Crippen LogP contribution >= 0.6 is 0 Å². The molecular formula is C16H25N. The summed E-state index contributed by atoms with van der Waals surface area (Å²) in [6.45, 7) is 7.20. The van der Waals surface area contributed by atoms with Crippen LogP contribution in [0.2, 0.25) is 0 Å². The van der Waals surface area contributed by atoms with Gasteiger partial charge in [-0.3, -0.25) is 4.90 Å². The highest BCUT2D eigenvalue weighted by Crippen LogP contribution is 2.28. The largest absolute Gasteiger partial charge is 0.297 e. The van der Waals surface area contributed by atoms with Gasteiger partial charge in [0.05, 0.1) is 0 Å². The summed E-state index contributed by atoms with van der Waals surface area (Å²) < 4.78 is 0. The van der Waals surface area contributed by atoms with E-state index >= 15 is 0 Å². The second kappa shape index (κ2) is 6.20. The molecule has 1 aliphatic rings. The lowest BCUT2D eigenvalue weighted by Crippen LogP contribution is -2.35. The molecule has 1 saturated heterocycles. The van der Waals surface area contributed by atoms with Crippen LogP contribution in [0.5, 0.6) is 0 Å². The van der Waals surface area contributed by atoms with Crippen molar-refractivity contribution in [2.24, 2.45) is 5.92 Å². The minimum Gasteiger partial charge on any atom is -0.297 e. The zero-order valence-electron chi connectivity index (χ0n) is 11.2. The van der Waals surface area contributed by atoms with Crippen LogP contribution in [0.4, 0.5) is 0 Å². The summed E-state index contributed by atoms with van der Waals surface area (Å²) in [6.07, 6.45) is 5.56. The molecule has 1 atom stereocenters. The van der Waals surface area contributed by atoms with Gasteiger partial charge in [-0.15, -0.1) is 0 Å². The molecule has 1 fully saturated rings. The highest BCUT2D eigenvalue weighted by Gasteiger charge is 2.22. The van der Waals surface area contributed by atoms with Gasteiger partial charge in [0, 0.05) is 6.04 Å². The summed E-state index contributed by atoms with van der Waals surface area (Å²) in [4.78, 5) is 2.64. The first-order valence-corrected chi connectivity index (χ1v) is 7.10. The third-order valence-corrected chi connectivity index (χ3v) is 4.18. The first kappa shape index (κ1) is 12.6. The summed E-state index contributed by atoms with van der Waals surface area (Å²) in [5.41, 5.74) is 1.46. The maximum absolute atomic E-state index is 2.64. The van der Waals surface area contributed by atoms with Crippen molar-refractivity contribution in [3.05, 3.63) is 35.9 Å². The van der Waals surface area contributed by atoms with E-state index in [9.17, 15) is 0 Å². The van der Waals surface area contributed by atoms with Crippen molar-refractivity contribution in [2.45, 2.75) is 45.6 Å². The predicted octanol–water partition coefficient (Wildman–Crippen LogP) is 4.26. The van der Waals surface area contributed by atoms with Crippen LogP contribution in [0.1, 0.15) is 51.1 Å². The van der Waals surface area contributed by atoms with Gasteiger partial charge in [-0.2, -0.15) is 0 Å². The predicted molar refractivity (Wildman–Crippen MR) is 74.1 cm³/mol. The second-order valence-electron chi connectivity index (χ2n) is 5.35. The Hall–Kier alpha value is -0.820. The van der Waals surface area contributed by atoms with E-state index in [2.05, 4.69) is 49.1 Å². The summed E-state index contributed by atoms with van der Waals surface area (Å²) in [7, 11) is 0. The number of hydrogen-bond acceptors (Lipinski definition) is 1. The molecule has 0 saturated carbocycles. The number of nitrogens with zero attached hydrogens (tertiary/aromatic N) is 1. The van der Waals surface area contributed by atoms with Crippen molar-refractivity contribution in [1.82, 2.24) is 4.90 Å². The van der Waals surface area contributed by atoms with Gasteiger partial charge < -0.3 is 0 Å². The molecule has 2 rings (SSSR count). The fraction of sp³-hybridized carbons (Fsp3) is 0.625. The molecule has 0 N–H and O–H groups in total. The molecule has 0 spiro atoms. The van der Waals surface area contributed by atoms with Crippen LogP contribution in [0.25, 0.3) is 0 Å². The average Bonchev–Trinajstić information content (AvgIpc) is 2.40. The van der Waals surface area contributed by atoms with Gasteiger partial charge in [0.2, 0.25) is 0 Å². The van der Waals surface area contributed by atoms with Crippen molar-refractivity contribution in [3.63, 3.8) is 0 Å². The van der Waals surface area contributed by atoms with Gasteiger partial charge in [-0.1, -0.05) is 50.1 Å². The molecule has 1 heteroatoms. The number of hydrogen-bond donors (Lipinski definition) is 0. The van der Waals surface area contributed by atoms with Crippen molar-refractivity contribution in [1.29, 1.82) is 0 Å². The van der Waals surface area contributed by atoms with Gasteiger partial charge in [0.15, 0.2) is 0 Å². The number of likely N-dealkylation sites (tertiary alicyclic amines) is 1. The standard InChI is InChI=1S/C16H25N/c1-3-7-15-10-12-17(13-11-15)14(2)16-8-5-4-6-9-16/h4-6,8-9,14-15H,3,7,10-13H2,1-2H3/t14-/m0/s1. The Bertz CT molecular complexity index is 312. The maximum atomic E-state index is 2.64. The van der Waals surface area contributed by atoms with Crippen LogP contribution in [0, 0.1) is 5.92 Å². The van der Waals surface area contributed by atoms with E-state index in [1.165, 1.54) is 44.3 Å². The van der Waals surface area contributed by atoms with Crippen LogP contribution in [-0.4, -0.2) is 18.0 Å². The Kier molecular flexibility index (Phi) is 4.61. The molecule has 0 amide bonds. The van der Waals surface area contributed by atoms with E-state index in [4.69, 9.17) is 0 Å². The quantitative estimate of drug-likeness (QED) is 0.748. The lowest BCUT2D eigenvalue weighted by atomic mass is 9.91. The molecule has 0 unspecified atom stereocenters. The monoisotopic (exact) mass is 231 g/mol. The molecule has 0 bridgehead atoms. The van der Waals surface area contributed by atoms with Gasteiger partial charge in [-0.05, 0) is 44.3 Å². The Balaban J connectivity index is 1.88. The van der Waals surface area contributed by atoms with E-state index in [1.54, 1.807) is 0 Å². The molecule has 0 aromatic heterocycles. The molecule has 94 valence electrons. The smallest absolute Gasteiger partial charge is 0.0319 e. The lowest BCUT2D eigenvalue weighted by Gasteiger charge is -2.36. The van der Waals surface area contributed by atoms with Gasteiger partial charge in [-0.25, -0.2) is 0 Å². The molecule has 1 aromatic rings. The Morgan fingerprint density at radius 1 is 1.18 bits per heavy atom. The minimum absolute atomic E-state index is 0.582. The lowest BCUT2D eigenvalue weighted by molar-refractivity contribution is 0.137. The minimum atomic E-state index is 0.582. The zero-order valence-corrected chi connectivity index (χ0v) is 11.2. The third-order valence-electron chi connectivity index (χ3n) is 4.18. The normalized spacial score (nSPS) is 20.4. The van der Waals surface area contributed by atoms with Gasteiger partial charge >= 0.3 is 0 Å². The van der Waals surface area contributed by atoms with Gasteiger partial charge in [0.1, 0.15) is 0 Å². The number of rotatable bonds is 4. The fourth-order valence-electron chi connectivity index (χ4n) is 2.98. The molecule has 1 heterocycles. The second-order valence-corrected chi connectivity index (χ2v) is 5.35. The van der Waals surface area contributed by atoms with Crippen LogP contribution in [0.3, 0.4) is 0 Å². The van der Waals surface area contributed by atoms with Crippen LogP contribution in [0.15, 0.2) is 30.3 Å². The molecular weight excluding hydrogens is 206 g/mol. The molecule has 1 nitrogen and oxygen atoms in total. The first-order chi connectivity index (χ1) is 8.31. The highest BCUT2D eigenvalue weighted by atomic mass is 15.2. The summed E-state index contributed by atoms with van der Waals surface area (Å²) in [5.74, 6) is 0.985. The summed E-state index contributed by atoms with van der Waals surface area (Å²) >= 11 is 0. The Labute approximate surface area is 106 Å². The molecule has 1 aliphatic heterocycles. The van der Waals surface area contributed by atoms with Crippen LogP contribution in [-0.2, 0) is 0 Å². The molecule has 1 aromatic carbocycles. The molecule has 17 heavy (non-hydrogen) atoms. The Morgan fingerprint density at radius 2 is 1.82 bits per heavy atom. The highest BCUT2D eigenvalue weighted by molar-refractivity contribution is 5.18. The van der Waals surface area contributed by atoms with Crippen molar-refractivity contribution in [2.75, 3.05) is 13.1 Å². The van der Waals surface area contributed by atoms with E-state index < -0.39 is 0 Å². The topological polar surface area (TPSA) is 3.24 Å². The van der Waals surface area contributed by atoms with Crippen LogP contribution < -0.4 is 0 Å².